The molecule has 1 N–H and O–H groups in total. The van der Waals surface area contributed by atoms with Gasteiger partial charge in [-0.05, 0) is 29.8 Å². The summed E-state index contributed by atoms with van der Waals surface area (Å²) in [6.45, 7) is 0. The Morgan fingerprint density at radius 2 is 1.71 bits per heavy atom. The van der Waals surface area contributed by atoms with Gasteiger partial charge in [0.05, 0.1) is 11.3 Å². The maximum atomic E-state index is 12.2. The van der Waals surface area contributed by atoms with Crippen LogP contribution in [0, 0.1) is 0 Å². The smallest absolute Gasteiger partial charge is 0.255 e. The van der Waals surface area contributed by atoms with Crippen molar-refractivity contribution in [3.05, 3.63) is 59.7 Å². The van der Waals surface area contributed by atoms with Crippen molar-refractivity contribution in [1.82, 2.24) is 5.32 Å². The molecule has 3 rings (SSSR count). The van der Waals surface area contributed by atoms with Crippen LogP contribution in [-0.4, -0.2) is 27.1 Å². The Morgan fingerprint density at radius 3 is 2.38 bits per heavy atom. The van der Waals surface area contributed by atoms with E-state index in [2.05, 4.69) is 39.4 Å². The molecule has 0 aromatic heterocycles. The number of carbonyl (C=O) groups excluding carboxylic acids is 1. The molecule has 1 atom stereocenters. The van der Waals surface area contributed by atoms with Crippen molar-refractivity contribution in [3.8, 4) is 0 Å². The van der Waals surface area contributed by atoms with Crippen LogP contribution in [0.1, 0.15) is 22.1 Å². The van der Waals surface area contributed by atoms with E-state index in [-0.39, 0.29) is 12.1 Å². The Morgan fingerprint density at radius 1 is 1.05 bits per heavy atom. The van der Waals surface area contributed by atoms with Gasteiger partial charge in [0.1, 0.15) is 6.17 Å². The van der Waals surface area contributed by atoms with Gasteiger partial charge in [-0.1, -0.05) is 24.3 Å². The summed E-state index contributed by atoms with van der Waals surface area (Å²) in [7, 11) is 6.03. The molecule has 0 saturated heterocycles. The average molecular weight is 281 g/mol. The Labute approximate surface area is 125 Å². The number of hydrogen-bond acceptors (Lipinski definition) is 3. The Kier molecular flexibility index (Phi) is 3.29. The molecule has 0 radical (unpaired) electrons. The number of fused-ring (bicyclic) bond motifs is 1. The van der Waals surface area contributed by atoms with E-state index in [0.717, 1.165) is 22.5 Å². The highest BCUT2D eigenvalue weighted by Crippen LogP contribution is 2.31. The normalized spacial score (nSPS) is 17.2. The highest BCUT2D eigenvalue weighted by molar-refractivity contribution is 6.01. The number of rotatable bonds is 2. The second kappa shape index (κ2) is 5.13. The van der Waals surface area contributed by atoms with Gasteiger partial charge in [-0.15, -0.1) is 0 Å². The summed E-state index contributed by atoms with van der Waals surface area (Å²) < 4.78 is 0. The lowest BCUT2D eigenvalue weighted by molar-refractivity contribution is 0.0928. The molecule has 0 bridgehead atoms. The third-order valence-corrected chi connectivity index (χ3v) is 3.91. The highest BCUT2D eigenvalue weighted by Gasteiger charge is 2.28. The largest absolute Gasteiger partial charge is 0.378 e. The number of hydrogen-bond donors (Lipinski definition) is 1. The monoisotopic (exact) mass is 281 g/mol. The molecule has 4 nitrogen and oxygen atoms in total. The first kappa shape index (κ1) is 13.5. The zero-order valence-electron chi connectivity index (χ0n) is 12.5. The lowest BCUT2D eigenvalue weighted by atomic mass is 10.0. The van der Waals surface area contributed by atoms with Gasteiger partial charge in [0.15, 0.2) is 0 Å². The van der Waals surface area contributed by atoms with Crippen LogP contribution < -0.4 is 15.1 Å². The molecule has 2 aromatic carbocycles. The van der Waals surface area contributed by atoms with Crippen LogP contribution in [0.15, 0.2) is 48.5 Å². The summed E-state index contributed by atoms with van der Waals surface area (Å²) >= 11 is 0. The molecule has 1 amide bonds. The van der Waals surface area contributed by atoms with Crippen LogP contribution in [0.3, 0.4) is 0 Å². The lowest BCUT2D eigenvalue weighted by Crippen LogP contribution is -2.44. The van der Waals surface area contributed by atoms with E-state index in [1.807, 2.05) is 45.4 Å². The van der Waals surface area contributed by atoms with Gasteiger partial charge in [-0.2, -0.15) is 0 Å². The third kappa shape index (κ3) is 2.33. The average Bonchev–Trinajstić information content (AvgIpc) is 2.51. The Bertz CT molecular complexity index is 664. The molecule has 21 heavy (non-hydrogen) atoms. The summed E-state index contributed by atoms with van der Waals surface area (Å²) in [5, 5.41) is 3.06. The zero-order valence-corrected chi connectivity index (χ0v) is 12.5. The zero-order chi connectivity index (χ0) is 15.0. The molecule has 0 spiro atoms. The molecule has 1 heterocycles. The molecule has 108 valence electrons. The highest BCUT2D eigenvalue weighted by atomic mass is 16.2. The van der Waals surface area contributed by atoms with Gasteiger partial charge in [0, 0.05) is 26.8 Å². The van der Waals surface area contributed by atoms with E-state index in [4.69, 9.17) is 0 Å². The summed E-state index contributed by atoms with van der Waals surface area (Å²) in [5.74, 6) is -0.0228. The second-order valence-electron chi connectivity index (χ2n) is 5.49. The van der Waals surface area contributed by atoms with Crippen molar-refractivity contribution in [2.75, 3.05) is 30.9 Å². The molecular weight excluding hydrogens is 262 g/mol. The number of anilines is 2. The van der Waals surface area contributed by atoms with Crippen LogP contribution in [0.2, 0.25) is 0 Å². The van der Waals surface area contributed by atoms with Crippen LogP contribution >= 0.6 is 0 Å². The van der Waals surface area contributed by atoms with Crippen LogP contribution in [0.25, 0.3) is 0 Å². The SMILES string of the molecule is CN(C)c1ccc([C@@H]2NC(=O)c3ccccc3N2C)cc1. The van der Waals surface area contributed by atoms with E-state index < -0.39 is 0 Å². The van der Waals surface area contributed by atoms with Crippen molar-refractivity contribution >= 4 is 17.3 Å². The fourth-order valence-corrected chi connectivity index (χ4v) is 2.67. The fourth-order valence-electron chi connectivity index (χ4n) is 2.67. The first-order valence-electron chi connectivity index (χ1n) is 6.98. The minimum absolute atomic E-state index is 0.0228. The van der Waals surface area contributed by atoms with Gasteiger partial charge in [-0.3, -0.25) is 4.79 Å². The maximum Gasteiger partial charge on any atom is 0.255 e. The number of para-hydroxylation sites is 1. The molecule has 2 aromatic rings. The maximum absolute atomic E-state index is 12.2. The van der Waals surface area contributed by atoms with E-state index in [0.29, 0.717) is 0 Å². The second-order valence-corrected chi connectivity index (χ2v) is 5.49. The van der Waals surface area contributed by atoms with Crippen molar-refractivity contribution in [2.24, 2.45) is 0 Å². The quantitative estimate of drug-likeness (QED) is 0.919. The number of carbonyl (C=O) groups is 1. The molecule has 0 fully saturated rings. The van der Waals surface area contributed by atoms with Crippen molar-refractivity contribution in [2.45, 2.75) is 6.17 Å². The standard InChI is InChI=1S/C17H19N3O/c1-19(2)13-10-8-12(9-11-13)16-18-17(21)14-6-4-5-7-15(14)20(16)3/h4-11,16H,1-3H3,(H,18,21)/t16-/m1/s1. The number of benzene rings is 2. The summed E-state index contributed by atoms with van der Waals surface area (Å²) in [6, 6.07) is 15.9. The van der Waals surface area contributed by atoms with Crippen LogP contribution in [-0.2, 0) is 0 Å². The molecular formula is C17H19N3O. The molecule has 1 aliphatic rings. The predicted molar refractivity (Wildman–Crippen MR) is 85.8 cm³/mol. The molecule has 1 aliphatic heterocycles. The first-order chi connectivity index (χ1) is 10.1. The Hall–Kier alpha value is -2.49. The van der Waals surface area contributed by atoms with Gasteiger partial charge in [0.25, 0.3) is 5.91 Å². The van der Waals surface area contributed by atoms with E-state index in [1.165, 1.54) is 0 Å². The lowest BCUT2D eigenvalue weighted by Gasteiger charge is -2.36. The summed E-state index contributed by atoms with van der Waals surface area (Å²) in [6.07, 6.45) is -0.136. The van der Waals surface area contributed by atoms with E-state index in [1.54, 1.807) is 0 Å². The van der Waals surface area contributed by atoms with Gasteiger partial charge >= 0.3 is 0 Å². The topological polar surface area (TPSA) is 35.6 Å². The van der Waals surface area contributed by atoms with Crippen molar-refractivity contribution < 1.29 is 4.79 Å². The number of nitrogens with zero attached hydrogens (tertiary/aromatic N) is 2. The summed E-state index contributed by atoms with van der Waals surface area (Å²) in [5.41, 5.74) is 3.90. The predicted octanol–water partition coefficient (Wildman–Crippen LogP) is 2.63. The Balaban J connectivity index is 1.95. The number of amides is 1. The summed E-state index contributed by atoms with van der Waals surface area (Å²) in [4.78, 5) is 16.4. The van der Waals surface area contributed by atoms with E-state index >= 15 is 0 Å². The van der Waals surface area contributed by atoms with Gasteiger partial charge < -0.3 is 15.1 Å². The molecule has 0 unspecified atom stereocenters. The molecule has 0 aliphatic carbocycles. The van der Waals surface area contributed by atoms with Gasteiger partial charge in [-0.25, -0.2) is 0 Å². The van der Waals surface area contributed by atoms with E-state index in [9.17, 15) is 4.79 Å². The first-order valence-corrected chi connectivity index (χ1v) is 6.98. The molecule has 0 saturated carbocycles. The minimum atomic E-state index is -0.136. The van der Waals surface area contributed by atoms with Crippen molar-refractivity contribution in [1.29, 1.82) is 0 Å². The number of nitrogens with one attached hydrogen (secondary N) is 1. The van der Waals surface area contributed by atoms with Gasteiger partial charge in [0.2, 0.25) is 0 Å². The van der Waals surface area contributed by atoms with Crippen LogP contribution in [0.5, 0.6) is 0 Å². The molecule has 4 heteroatoms. The minimum Gasteiger partial charge on any atom is -0.378 e. The fraction of sp³-hybridized carbons (Fsp3) is 0.235. The van der Waals surface area contributed by atoms with Crippen LogP contribution in [0.4, 0.5) is 11.4 Å². The van der Waals surface area contributed by atoms with Crippen molar-refractivity contribution in [3.63, 3.8) is 0 Å². The third-order valence-electron chi connectivity index (χ3n) is 3.91.